The first-order valence-corrected chi connectivity index (χ1v) is 9.50. The standard InChI is InChI=1S/C20H15NO5S/c21-13-15-6-9-18(10-7-15)26-27(23,24)14-16-8-11-20(19(22)12-16)25-17-4-2-1-3-5-17/h1-12,22H,14H2. The van der Waals surface area contributed by atoms with E-state index in [1.165, 1.54) is 42.5 Å². The average Bonchev–Trinajstić information content (AvgIpc) is 2.65. The second-order valence-corrected chi connectivity index (χ2v) is 7.21. The Bertz CT molecular complexity index is 1070. The molecule has 0 aliphatic heterocycles. The van der Waals surface area contributed by atoms with Crippen molar-refractivity contribution in [1.29, 1.82) is 5.26 Å². The minimum absolute atomic E-state index is 0.113. The summed E-state index contributed by atoms with van der Waals surface area (Å²) in [5.74, 6) is 0.284. The Morgan fingerprint density at radius 2 is 1.63 bits per heavy atom. The van der Waals surface area contributed by atoms with Gasteiger partial charge in [-0.3, -0.25) is 0 Å². The lowest BCUT2D eigenvalue weighted by molar-refractivity contribution is 0.411. The topological polar surface area (TPSA) is 96.6 Å². The van der Waals surface area contributed by atoms with Crippen molar-refractivity contribution in [3.8, 4) is 29.1 Å². The minimum Gasteiger partial charge on any atom is -0.504 e. The molecule has 0 heterocycles. The fraction of sp³-hybridized carbons (Fsp3) is 0.0500. The molecule has 0 saturated carbocycles. The predicted octanol–water partition coefficient (Wildman–Crippen LogP) is 3.96. The molecular weight excluding hydrogens is 366 g/mol. The Balaban J connectivity index is 1.70. The molecule has 6 nitrogen and oxygen atoms in total. The van der Waals surface area contributed by atoms with Crippen LogP contribution in [0.3, 0.4) is 0 Å². The van der Waals surface area contributed by atoms with Crippen molar-refractivity contribution in [2.24, 2.45) is 0 Å². The second kappa shape index (κ2) is 7.81. The Hall–Kier alpha value is -3.50. The number of ether oxygens (including phenoxy) is 1. The van der Waals surface area contributed by atoms with Gasteiger partial charge >= 0.3 is 10.1 Å². The van der Waals surface area contributed by atoms with Crippen molar-refractivity contribution in [1.82, 2.24) is 0 Å². The lowest BCUT2D eigenvalue weighted by Crippen LogP contribution is -2.12. The average molecular weight is 381 g/mol. The molecule has 0 aromatic heterocycles. The van der Waals surface area contributed by atoms with Crippen LogP contribution in [0.1, 0.15) is 11.1 Å². The maximum Gasteiger partial charge on any atom is 0.313 e. The van der Waals surface area contributed by atoms with Crippen LogP contribution in [0.5, 0.6) is 23.0 Å². The van der Waals surface area contributed by atoms with Crippen LogP contribution >= 0.6 is 0 Å². The van der Waals surface area contributed by atoms with E-state index in [9.17, 15) is 13.5 Å². The van der Waals surface area contributed by atoms with Crippen LogP contribution in [-0.4, -0.2) is 13.5 Å². The van der Waals surface area contributed by atoms with Gasteiger partial charge in [0.1, 0.15) is 17.3 Å². The van der Waals surface area contributed by atoms with Crippen LogP contribution in [-0.2, 0) is 15.9 Å². The molecule has 0 aliphatic rings. The molecule has 3 aromatic rings. The lowest BCUT2D eigenvalue weighted by Gasteiger charge is -2.10. The van der Waals surface area contributed by atoms with E-state index < -0.39 is 15.9 Å². The maximum atomic E-state index is 12.2. The van der Waals surface area contributed by atoms with Gasteiger partial charge in [0.2, 0.25) is 0 Å². The summed E-state index contributed by atoms with van der Waals surface area (Å²) in [6.45, 7) is 0. The summed E-state index contributed by atoms with van der Waals surface area (Å²) in [6, 6.07) is 21.0. The number of para-hydroxylation sites is 1. The van der Waals surface area contributed by atoms with Crippen molar-refractivity contribution in [2.45, 2.75) is 5.75 Å². The molecule has 27 heavy (non-hydrogen) atoms. The van der Waals surface area contributed by atoms with E-state index in [-0.39, 0.29) is 17.2 Å². The summed E-state index contributed by atoms with van der Waals surface area (Å²) < 4.78 is 35.0. The number of aromatic hydroxyl groups is 1. The molecule has 0 spiro atoms. The highest BCUT2D eigenvalue weighted by atomic mass is 32.2. The largest absolute Gasteiger partial charge is 0.504 e. The molecule has 1 N–H and O–H groups in total. The Labute approximate surface area is 157 Å². The Kier molecular flexibility index (Phi) is 5.29. The van der Waals surface area contributed by atoms with Gasteiger partial charge in [-0.1, -0.05) is 24.3 Å². The molecule has 136 valence electrons. The van der Waals surface area contributed by atoms with Crippen LogP contribution in [0.2, 0.25) is 0 Å². The van der Waals surface area contributed by atoms with Gasteiger partial charge < -0.3 is 14.0 Å². The summed E-state index contributed by atoms with van der Waals surface area (Å²) in [6.07, 6.45) is 0. The molecule has 0 bridgehead atoms. The van der Waals surface area contributed by atoms with Gasteiger partial charge in [-0.25, -0.2) is 0 Å². The maximum absolute atomic E-state index is 12.2. The van der Waals surface area contributed by atoms with Crippen molar-refractivity contribution in [3.63, 3.8) is 0 Å². The molecule has 0 unspecified atom stereocenters. The van der Waals surface area contributed by atoms with Crippen molar-refractivity contribution >= 4 is 10.1 Å². The van der Waals surface area contributed by atoms with Gasteiger partial charge in [0.25, 0.3) is 0 Å². The molecule has 0 radical (unpaired) electrons. The number of hydrogen-bond acceptors (Lipinski definition) is 6. The smallest absolute Gasteiger partial charge is 0.313 e. The molecule has 3 aromatic carbocycles. The zero-order valence-electron chi connectivity index (χ0n) is 14.1. The van der Waals surface area contributed by atoms with Crippen LogP contribution in [0.25, 0.3) is 0 Å². The molecule has 0 fully saturated rings. The third-order valence-corrected chi connectivity index (χ3v) is 4.68. The Morgan fingerprint density at radius 1 is 0.926 bits per heavy atom. The number of benzene rings is 3. The van der Waals surface area contributed by atoms with E-state index in [0.29, 0.717) is 16.9 Å². The van der Waals surface area contributed by atoms with Gasteiger partial charge in [0.15, 0.2) is 11.5 Å². The molecule has 0 atom stereocenters. The van der Waals surface area contributed by atoms with Crippen LogP contribution in [0, 0.1) is 11.3 Å². The second-order valence-electron chi connectivity index (χ2n) is 5.64. The molecule has 0 saturated heterocycles. The highest BCUT2D eigenvalue weighted by molar-refractivity contribution is 7.86. The molecule has 3 rings (SSSR count). The van der Waals surface area contributed by atoms with Crippen LogP contribution in [0.15, 0.2) is 72.8 Å². The van der Waals surface area contributed by atoms with E-state index in [1.807, 2.05) is 12.1 Å². The SMILES string of the molecule is N#Cc1ccc(OS(=O)(=O)Cc2ccc(Oc3ccccc3)c(O)c2)cc1. The van der Waals surface area contributed by atoms with Gasteiger partial charge in [0.05, 0.1) is 11.6 Å². The van der Waals surface area contributed by atoms with Gasteiger partial charge in [0, 0.05) is 0 Å². The highest BCUT2D eigenvalue weighted by Gasteiger charge is 2.16. The van der Waals surface area contributed by atoms with E-state index >= 15 is 0 Å². The number of phenolic OH excluding ortho intramolecular Hbond substituents is 1. The fourth-order valence-corrected chi connectivity index (χ4v) is 3.37. The van der Waals surface area contributed by atoms with E-state index in [1.54, 1.807) is 24.3 Å². The number of phenols is 1. The Morgan fingerprint density at radius 3 is 2.26 bits per heavy atom. The van der Waals surface area contributed by atoms with Gasteiger partial charge in [-0.15, -0.1) is 0 Å². The van der Waals surface area contributed by atoms with Crippen LogP contribution < -0.4 is 8.92 Å². The first kappa shape index (κ1) is 18.3. The third kappa shape index (κ3) is 5.00. The normalized spacial score (nSPS) is 10.8. The first-order chi connectivity index (χ1) is 12.9. The van der Waals surface area contributed by atoms with Gasteiger partial charge in [-0.05, 0) is 54.1 Å². The summed E-state index contributed by atoms with van der Waals surface area (Å²) >= 11 is 0. The van der Waals surface area contributed by atoms with E-state index in [4.69, 9.17) is 14.2 Å². The van der Waals surface area contributed by atoms with Crippen molar-refractivity contribution in [2.75, 3.05) is 0 Å². The zero-order chi connectivity index (χ0) is 19.3. The van der Waals surface area contributed by atoms with Crippen LogP contribution in [0.4, 0.5) is 0 Å². The third-order valence-electron chi connectivity index (χ3n) is 3.54. The zero-order valence-corrected chi connectivity index (χ0v) is 14.9. The molecule has 0 amide bonds. The minimum atomic E-state index is -3.93. The summed E-state index contributed by atoms with van der Waals surface area (Å²) in [4.78, 5) is 0. The number of rotatable bonds is 6. The quantitative estimate of drug-likeness (QED) is 0.649. The predicted molar refractivity (Wildman–Crippen MR) is 99.0 cm³/mol. The number of nitriles is 1. The highest BCUT2D eigenvalue weighted by Crippen LogP contribution is 2.32. The van der Waals surface area contributed by atoms with Crippen molar-refractivity contribution in [3.05, 3.63) is 83.9 Å². The summed E-state index contributed by atoms with van der Waals surface area (Å²) in [5, 5.41) is 18.9. The van der Waals surface area contributed by atoms with Crippen molar-refractivity contribution < 1.29 is 22.4 Å². The molecule has 7 heteroatoms. The molecular formula is C20H15NO5S. The number of hydrogen-bond donors (Lipinski definition) is 1. The first-order valence-electron chi connectivity index (χ1n) is 7.92. The fourth-order valence-electron chi connectivity index (χ4n) is 2.32. The molecule has 0 aliphatic carbocycles. The lowest BCUT2D eigenvalue weighted by atomic mass is 10.2. The monoisotopic (exact) mass is 381 g/mol. The summed E-state index contributed by atoms with van der Waals surface area (Å²) in [5.41, 5.74) is 0.750. The van der Waals surface area contributed by atoms with E-state index in [0.717, 1.165) is 0 Å². The van der Waals surface area contributed by atoms with Gasteiger partial charge in [-0.2, -0.15) is 13.7 Å². The van der Waals surface area contributed by atoms with E-state index in [2.05, 4.69) is 0 Å². The number of nitrogens with zero attached hydrogens (tertiary/aromatic N) is 1. The summed E-state index contributed by atoms with van der Waals surface area (Å²) in [7, 11) is -3.93.